The average Bonchev–Trinajstić information content (AvgIpc) is 3.11. The van der Waals surface area contributed by atoms with Gasteiger partial charge >= 0.3 is 12.2 Å². The van der Waals surface area contributed by atoms with Crippen molar-refractivity contribution in [3.8, 4) is 0 Å². The molecule has 186 valence electrons. The van der Waals surface area contributed by atoms with Gasteiger partial charge in [0.25, 0.3) is 5.91 Å². The van der Waals surface area contributed by atoms with Gasteiger partial charge in [0.1, 0.15) is 11.5 Å². The Morgan fingerprint density at radius 3 is 2.20 bits per heavy atom. The van der Waals surface area contributed by atoms with Gasteiger partial charge in [-0.25, -0.2) is 4.79 Å². The van der Waals surface area contributed by atoms with E-state index in [1.165, 1.54) is 17.1 Å². The predicted octanol–water partition coefficient (Wildman–Crippen LogP) is 4.45. The van der Waals surface area contributed by atoms with E-state index < -0.39 is 23.9 Å². The topological polar surface area (TPSA) is 62.3 Å². The molecule has 0 saturated carbocycles. The fourth-order valence-electron chi connectivity index (χ4n) is 4.10. The molecule has 0 atom stereocenters. The highest BCUT2D eigenvalue weighted by atomic mass is 19.4. The third-order valence-electron chi connectivity index (χ3n) is 5.89. The number of imide groups is 1. The molecule has 2 saturated heterocycles. The van der Waals surface area contributed by atoms with Gasteiger partial charge in [0.15, 0.2) is 0 Å². The third kappa shape index (κ3) is 5.12. The van der Waals surface area contributed by atoms with Crippen LogP contribution < -0.4 is 4.90 Å². The van der Waals surface area contributed by atoms with Crippen LogP contribution in [-0.2, 0) is 14.3 Å². The van der Waals surface area contributed by atoms with Crippen LogP contribution in [0, 0.1) is 0 Å². The average molecular weight is 489 g/mol. The number of nitrogens with zero attached hydrogens (tertiary/aromatic N) is 3. The number of hydrogen-bond donors (Lipinski definition) is 0. The van der Waals surface area contributed by atoms with Crippen molar-refractivity contribution in [2.75, 3.05) is 44.3 Å². The highest BCUT2D eigenvalue weighted by Crippen LogP contribution is 2.36. The second-order valence-electron chi connectivity index (χ2n) is 8.06. The number of benzene rings is 1. The van der Waals surface area contributed by atoms with Crippen LogP contribution in [0.1, 0.15) is 19.4 Å². The normalized spacial score (nSPS) is 21.6. The van der Waals surface area contributed by atoms with Gasteiger partial charge in [-0.2, -0.15) is 13.2 Å². The van der Waals surface area contributed by atoms with E-state index in [4.69, 9.17) is 9.47 Å². The van der Waals surface area contributed by atoms with Gasteiger partial charge in [0.2, 0.25) is 5.76 Å². The molecule has 1 aromatic rings. The van der Waals surface area contributed by atoms with Crippen LogP contribution >= 0.6 is 0 Å². The number of carbonyl (C=O) groups excluding carboxylic acids is 2. The molecule has 2 fully saturated rings. The number of amides is 3. The van der Waals surface area contributed by atoms with E-state index in [1.54, 1.807) is 19.9 Å². The molecule has 35 heavy (non-hydrogen) atoms. The van der Waals surface area contributed by atoms with Crippen LogP contribution in [0.2, 0.25) is 0 Å². The number of ether oxygens (including phenoxy) is 2. The Morgan fingerprint density at radius 2 is 1.60 bits per heavy atom. The highest BCUT2D eigenvalue weighted by molar-refractivity contribution is 6.12. The second kappa shape index (κ2) is 9.99. The van der Waals surface area contributed by atoms with Gasteiger partial charge in [-0.1, -0.05) is 18.2 Å². The molecule has 1 aromatic carbocycles. The smallest absolute Gasteiger partial charge is 0.449 e. The van der Waals surface area contributed by atoms with Crippen LogP contribution in [0.5, 0.6) is 0 Å². The Labute approximate surface area is 201 Å². The summed E-state index contributed by atoms with van der Waals surface area (Å²) in [6.07, 6.45) is 0.380. The van der Waals surface area contributed by atoms with Crippen molar-refractivity contribution < 1.29 is 32.2 Å². The van der Waals surface area contributed by atoms with Gasteiger partial charge < -0.3 is 14.4 Å². The van der Waals surface area contributed by atoms with Crippen molar-refractivity contribution in [1.82, 2.24) is 9.80 Å². The summed E-state index contributed by atoms with van der Waals surface area (Å²) >= 11 is 0. The largest absolute Gasteiger partial charge is 0.452 e. The molecule has 0 aliphatic carbocycles. The molecule has 0 radical (unpaired) electrons. The first kappa shape index (κ1) is 24.6. The van der Waals surface area contributed by atoms with Crippen LogP contribution in [0.4, 0.5) is 23.7 Å². The maximum Gasteiger partial charge on any atom is 0.449 e. The fraction of sp³-hybridized carbons (Fsp3) is 0.360. The summed E-state index contributed by atoms with van der Waals surface area (Å²) in [6.45, 7) is 6.48. The lowest BCUT2D eigenvalue weighted by molar-refractivity contribution is -0.125. The molecule has 3 heterocycles. The van der Waals surface area contributed by atoms with Gasteiger partial charge in [0.05, 0.1) is 13.2 Å². The Hall–Kier alpha value is -3.53. The number of alkyl halides is 3. The number of carbonyl (C=O) groups is 2. The lowest BCUT2D eigenvalue weighted by Gasteiger charge is -2.28. The maximum atomic E-state index is 13.6. The number of allylic oxidation sites excluding steroid dienone is 5. The zero-order valence-corrected chi connectivity index (χ0v) is 19.5. The van der Waals surface area contributed by atoms with Crippen LogP contribution in [0.15, 0.2) is 65.3 Å². The summed E-state index contributed by atoms with van der Waals surface area (Å²) in [5.41, 5.74) is 1.69. The summed E-state index contributed by atoms with van der Waals surface area (Å²) in [4.78, 5) is 29.7. The van der Waals surface area contributed by atoms with Crippen molar-refractivity contribution in [3.63, 3.8) is 0 Å². The molecule has 3 aliphatic rings. The van der Waals surface area contributed by atoms with Crippen LogP contribution in [0.25, 0.3) is 6.08 Å². The molecule has 0 bridgehead atoms. The molecule has 7 nitrogen and oxygen atoms in total. The van der Waals surface area contributed by atoms with Crippen molar-refractivity contribution in [1.29, 1.82) is 0 Å². The minimum atomic E-state index is -4.77. The molecular weight excluding hydrogens is 463 g/mol. The van der Waals surface area contributed by atoms with Crippen LogP contribution in [0.3, 0.4) is 0 Å². The monoisotopic (exact) mass is 489 g/mol. The van der Waals surface area contributed by atoms with E-state index in [0.717, 1.165) is 35.3 Å². The van der Waals surface area contributed by atoms with E-state index in [1.807, 2.05) is 24.3 Å². The molecule has 3 aliphatic heterocycles. The minimum absolute atomic E-state index is 0.0259. The summed E-state index contributed by atoms with van der Waals surface area (Å²) in [5.74, 6) is -1.98. The first-order valence-corrected chi connectivity index (χ1v) is 11.4. The number of anilines is 1. The number of urea groups is 1. The number of hydrogen-bond acceptors (Lipinski definition) is 5. The number of morpholine rings is 1. The van der Waals surface area contributed by atoms with Gasteiger partial charge in [-0.3, -0.25) is 14.6 Å². The van der Waals surface area contributed by atoms with Crippen LogP contribution in [-0.4, -0.2) is 67.3 Å². The van der Waals surface area contributed by atoms with E-state index in [0.29, 0.717) is 13.2 Å². The zero-order chi connectivity index (χ0) is 25.2. The highest BCUT2D eigenvalue weighted by Gasteiger charge is 2.43. The predicted molar refractivity (Wildman–Crippen MR) is 124 cm³/mol. The Bertz CT molecular complexity index is 1110. The second-order valence-corrected chi connectivity index (χ2v) is 8.06. The van der Waals surface area contributed by atoms with E-state index in [-0.39, 0.29) is 30.1 Å². The lowest BCUT2D eigenvalue weighted by atomic mass is 10.1. The number of halogens is 3. The summed E-state index contributed by atoms with van der Waals surface area (Å²) < 4.78 is 51.2. The molecule has 0 N–H and O–H groups in total. The van der Waals surface area contributed by atoms with Crippen molar-refractivity contribution >= 4 is 23.7 Å². The first-order valence-electron chi connectivity index (χ1n) is 11.4. The van der Waals surface area contributed by atoms with Gasteiger partial charge in [-0.05, 0) is 49.8 Å². The Balaban J connectivity index is 1.64. The van der Waals surface area contributed by atoms with Gasteiger partial charge in [-0.15, -0.1) is 0 Å². The Kier molecular flexibility index (Phi) is 7.02. The van der Waals surface area contributed by atoms with Crippen molar-refractivity contribution in [2.45, 2.75) is 20.0 Å². The molecule has 4 rings (SSSR count). The van der Waals surface area contributed by atoms with Gasteiger partial charge in [0, 0.05) is 37.4 Å². The molecule has 0 spiro atoms. The first-order chi connectivity index (χ1) is 16.7. The number of rotatable bonds is 5. The zero-order valence-electron chi connectivity index (χ0n) is 19.5. The third-order valence-corrected chi connectivity index (χ3v) is 5.89. The van der Waals surface area contributed by atoms with E-state index in [2.05, 4.69) is 4.90 Å². The van der Waals surface area contributed by atoms with Crippen molar-refractivity contribution in [2.24, 2.45) is 0 Å². The standard InChI is InChI=1S/C25H26F3N3O4/c1-3-30-22(23(32)31(4-2)24(30)33)18-15-20(35-21(16-18)25(26,27)28)10-7-17-5-8-19(9-6-17)29-11-13-34-14-12-29/h5-10,15-16H,3-4,11-14H2,1-2H3. The molecular formula is C25H26F3N3O4. The van der Waals surface area contributed by atoms with E-state index >= 15 is 0 Å². The lowest BCUT2D eigenvalue weighted by Crippen LogP contribution is -2.36. The maximum absolute atomic E-state index is 13.6. The minimum Gasteiger partial charge on any atom is -0.452 e. The summed E-state index contributed by atoms with van der Waals surface area (Å²) in [6, 6.07) is 7.05. The Morgan fingerprint density at radius 1 is 0.943 bits per heavy atom. The molecule has 3 amide bonds. The van der Waals surface area contributed by atoms with Crippen molar-refractivity contribution in [3.05, 3.63) is 70.8 Å². The number of likely N-dealkylation sites (N-methyl/N-ethyl adjacent to an activating group) is 2. The van der Waals surface area contributed by atoms with E-state index in [9.17, 15) is 22.8 Å². The molecule has 0 aromatic heterocycles. The summed E-state index contributed by atoms with van der Waals surface area (Å²) in [5, 5.41) is 0. The molecule has 0 unspecified atom stereocenters. The SMILES string of the molecule is CCN1C(=O)C(=C2C=C(C=Cc3ccc(N4CCOCC4)cc3)OC(C(F)(F)F)=C2)N(CC)C1=O. The summed E-state index contributed by atoms with van der Waals surface area (Å²) in [7, 11) is 0. The molecule has 10 heteroatoms. The quantitative estimate of drug-likeness (QED) is 0.452. The fourth-order valence-corrected chi connectivity index (χ4v) is 4.10.